The molecule has 2 heterocycles. The van der Waals surface area contributed by atoms with Crippen LogP contribution in [0.4, 0.5) is 0 Å². The molecule has 0 spiro atoms. The molecule has 0 aliphatic carbocycles. The van der Waals surface area contributed by atoms with Gasteiger partial charge in [0.2, 0.25) is 11.1 Å². The van der Waals surface area contributed by atoms with Crippen molar-refractivity contribution in [3.05, 3.63) is 17.5 Å². The molecule has 21 heavy (non-hydrogen) atoms. The Bertz CT molecular complexity index is 648. The smallest absolute Gasteiger partial charge is 0.271 e. The number of nitrogen functional groups attached to an aromatic ring is 1. The Kier molecular flexibility index (Phi) is 4.51. The van der Waals surface area contributed by atoms with Gasteiger partial charge in [-0.05, 0) is 33.8 Å². The third-order valence-corrected chi connectivity index (χ3v) is 3.90. The van der Waals surface area contributed by atoms with Crippen LogP contribution in [0.15, 0.2) is 11.2 Å². The number of rotatable bonds is 5. The zero-order valence-corrected chi connectivity index (χ0v) is 13.3. The maximum absolute atomic E-state index is 11.7. The number of nitrogens with zero attached hydrogens (tertiary/aromatic N) is 5. The fourth-order valence-electron chi connectivity index (χ4n) is 1.86. The van der Waals surface area contributed by atoms with Crippen molar-refractivity contribution >= 4 is 17.7 Å². The molecule has 1 atom stereocenters. The van der Waals surface area contributed by atoms with Crippen LogP contribution in [0.1, 0.15) is 25.2 Å². The number of hydrogen-bond donors (Lipinski definition) is 2. The minimum atomic E-state index is -0.301. The number of thioether (sulfide) groups is 1. The van der Waals surface area contributed by atoms with Gasteiger partial charge in [-0.15, -0.1) is 10.2 Å². The largest absolute Gasteiger partial charge is 0.355 e. The zero-order chi connectivity index (χ0) is 15.6. The summed E-state index contributed by atoms with van der Waals surface area (Å²) in [5.41, 5.74) is 1.79. The first-order valence-corrected chi connectivity index (χ1v) is 7.50. The minimum Gasteiger partial charge on any atom is -0.355 e. The average Bonchev–Trinajstić information content (AvgIpc) is 2.93. The van der Waals surface area contributed by atoms with E-state index in [4.69, 9.17) is 5.84 Å². The maximum Gasteiger partial charge on any atom is 0.271 e. The van der Waals surface area contributed by atoms with E-state index in [1.165, 1.54) is 16.4 Å². The van der Waals surface area contributed by atoms with E-state index in [0.29, 0.717) is 17.6 Å². The number of aromatic nitrogens is 5. The summed E-state index contributed by atoms with van der Waals surface area (Å²) in [5.74, 6) is 6.38. The Morgan fingerprint density at radius 3 is 2.76 bits per heavy atom. The number of carbonyl (C=O) groups excluding carboxylic acids is 1. The predicted octanol–water partition coefficient (Wildman–Crippen LogP) is 0.411. The van der Waals surface area contributed by atoms with Crippen molar-refractivity contribution in [3.8, 4) is 5.95 Å². The Hall–Kier alpha value is -2.03. The number of nitrogens with one attached hydrogen (secondary N) is 1. The van der Waals surface area contributed by atoms with Crippen LogP contribution >= 0.6 is 11.8 Å². The number of aryl methyl sites for hydroxylation is 2. The van der Waals surface area contributed by atoms with Gasteiger partial charge in [-0.2, -0.15) is 5.10 Å². The van der Waals surface area contributed by atoms with E-state index in [1.54, 1.807) is 11.6 Å². The van der Waals surface area contributed by atoms with Gasteiger partial charge >= 0.3 is 0 Å². The maximum atomic E-state index is 11.7. The fourth-order valence-corrected chi connectivity index (χ4v) is 2.64. The SMILES string of the molecule is CCNC(=O)[C@H](C)Sc1nnc(-n2nc(C)cc2C)n1N. The molecular weight excluding hydrogens is 290 g/mol. The second-order valence-electron chi connectivity index (χ2n) is 4.65. The monoisotopic (exact) mass is 309 g/mol. The zero-order valence-electron chi connectivity index (χ0n) is 12.5. The molecule has 2 aromatic rings. The second kappa shape index (κ2) is 6.17. The normalized spacial score (nSPS) is 12.4. The third kappa shape index (κ3) is 3.18. The molecule has 114 valence electrons. The van der Waals surface area contributed by atoms with Crippen molar-refractivity contribution in [2.45, 2.75) is 38.1 Å². The number of nitrogens with two attached hydrogens (primary N) is 1. The van der Waals surface area contributed by atoms with Crippen molar-refractivity contribution in [3.63, 3.8) is 0 Å². The molecule has 2 rings (SSSR count). The highest BCUT2D eigenvalue weighted by atomic mass is 32.2. The molecule has 2 aromatic heterocycles. The van der Waals surface area contributed by atoms with Crippen LogP contribution in [-0.4, -0.2) is 42.4 Å². The highest BCUT2D eigenvalue weighted by Gasteiger charge is 2.20. The summed E-state index contributed by atoms with van der Waals surface area (Å²) < 4.78 is 2.98. The van der Waals surface area contributed by atoms with Gasteiger partial charge in [0.1, 0.15) is 0 Å². The molecule has 9 heteroatoms. The van der Waals surface area contributed by atoms with Gasteiger partial charge in [0.25, 0.3) is 5.95 Å². The van der Waals surface area contributed by atoms with E-state index >= 15 is 0 Å². The molecule has 0 aliphatic heterocycles. The summed E-state index contributed by atoms with van der Waals surface area (Å²) in [6.45, 7) is 8.08. The van der Waals surface area contributed by atoms with E-state index in [2.05, 4.69) is 20.6 Å². The standard InChI is InChI=1S/C12H19N7OS/c1-5-14-10(20)9(4)21-12-16-15-11(18(12)13)19-8(3)6-7(2)17-19/h6,9H,5,13H2,1-4H3,(H,14,20)/t9-/m0/s1. The van der Waals surface area contributed by atoms with Crippen molar-refractivity contribution in [2.75, 3.05) is 12.4 Å². The lowest BCUT2D eigenvalue weighted by Gasteiger charge is -2.10. The van der Waals surface area contributed by atoms with E-state index in [1.807, 2.05) is 26.8 Å². The van der Waals surface area contributed by atoms with Crippen LogP contribution in [-0.2, 0) is 4.79 Å². The first-order valence-electron chi connectivity index (χ1n) is 6.62. The lowest BCUT2D eigenvalue weighted by atomic mass is 10.4. The Morgan fingerprint density at radius 1 is 1.48 bits per heavy atom. The van der Waals surface area contributed by atoms with Crippen LogP contribution in [0, 0.1) is 13.8 Å². The molecule has 0 aliphatic rings. The topological polar surface area (TPSA) is 104 Å². The summed E-state index contributed by atoms with van der Waals surface area (Å²) in [4.78, 5) is 11.7. The highest BCUT2D eigenvalue weighted by Crippen LogP contribution is 2.22. The summed E-state index contributed by atoms with van der Waals surface area (Å²) in [6.07, 6.45) is 0. The van der Waals surface area contributed by atoms with Crippen molar-refractivity contribution in [2.24, 2.45) is 0 Å². The van der Waals surface area contributed by atoms with Crippen LogP contribution in [0.2, 0.25) is 0 Å². The van der Waals surface area contributed by atoms with E-state index in [0.717, 1.165) is 11.4 Å². The number of hydrogen-bond acceptors (Lipinski definition) is 6. The molecule has 1 amide bonds. The van der Waals surface area contributed by atoms with Crippen molar-refractivity contribution in [1.82, 2.24) is 30.0 Å². The van der Waals surface area contributed by atoms with E-state index < -0.39 is 0 Å². The van der Waals surface area contributed by atoms with E-state index in [-0.39, 0.29) is 11.2 Å². The fraction of sp³-hybridized carbons (Fsp3) is 0.500. The van der Waals surface area contributed by atoms with Gasteiger partial charge in [-0.25, -0.2) is 9.36 Å². The molecule has 0 bridgehead atoms. The first kappa shape index (κ1) is 15.4. The van der Waals surface area contributed by atoms with Gasteiger partial charge in [-0.3, -0.25) is 4.79 Å². The summed E-state index contributed by atoms with van der Waals surface area (Å²) >= 11 is 1.26. The second-order valence-corrected chi connectivity index (χ2v) is 5.95. The number of carbonyl (C=O) groups is 1. The molecule has 0 saturated carbocycles. The Labute approximate surface area is 127 Å². The third-order valence-electron chi connectivity index (χ3n) is 2.85. The molecular formula is C12H19N7OS. The van der Waals surface area contributed by atoms with Crippen molar-refractivity contribution < 1.29 is 4.79 Å². The first-order chi connectivity index (χ1) is 9.93. The molecule has 0 saturated heterocycles. The van der Waals surface area contributed by atoms with Crippen LogP contribution in [0.5, 0.6) is 0 Å². The lowest BCUT2D eigenvalue weighted by Crippen LogP contribution is -2.31. The van der Waals surface area contributed by atoms with Gasteiger partial charge in [-0.1, -0.05) is 11.8 Å². The summed E-state index contributed by atoms with van der Waals surface area (Å²) in [7, 11) is 0. The van der Waals surface area contributed by atoms with Crippen molar-refractivity contribution in [1.29, 1.82) is 0 Å². The molecule has 0 fully saturated rings. The average molecular weight is 309 g/mol. The van der Waals surface area contributed by atoms with Crippen LogP contribution in [0.3, 0.4) is 0 Å². The van der Waals surface area contributed by atoms with Gasteiger partial charge < -0.3 is 11.2 Å². The molecule has 0 radical (unpaired) electrons. The van der Waals surface area contributed by atoms with E-state index in [9.17, 15) is 4.79 Å². The van der Waals surface area contributed by atoms with Gasteiger partial charge in [0, 0.05) is 12.2 Å². The Morgan fingerprint density at radius 2 is 2.19 bits per heavy atom. The lowest BCUT2D eigenvalue weighted by molar-refractivity contribution is -0.120. The molecule has 3 N–H and O–H groups in total. The molecule has 0 unspecified atom stereocenters. The van der Waals surface area contributed by atoms with Crippen LogP contribution in [0.25, 0.3) is 5.95 Å². The molecule has 0 aromatic carbocycles. The minimum absolute atomic E-state index is 0.0573. The summed E-state index contributed by atoms with van der Waals surface area (Å²) in [6, 6.07) is 1.93. The highest BCUT2D eigenvalue weighted by molar-refractivity contribution is 8.00. The molecule has 8 nitrogen and oxygen atoms in total. The van der Waals surface area contributed by atoms with Crippen LogP contribution < -0.4 is 11.2 Å². The number of amides is 1. The summed E-state index contributed by atoms with van der Waals surface area (Å²) in [5, 5.41) is 15.3. The van der Waals surface area contributed by atoms with Gasteiger partial charge in [0.05, 0.1) is 10.9 Å². The van der Waals surface area contributed by atoms with Gasteiger partial charge in [0.15, 0.2) is 0 Å². The predicted molar refractivity (Wildman–Crippen MR) is 80.8 cm³/mol. The quantitative estimate of drug-likeness (QED) is 0.612. The Balaban J connectivity index is 2.21.